The molecular formula is C21H25N3O3S. The van der Waals surface area contributed by atoms with Crippen molar-refractivity contribution in [1.29, 1.82) is 0 Å². The molecule has 2 aromatic carbocycles. The van der Waals surface area contributed by atoms with E-state index in [1.165, 1.54) is 0 Å². The average Bonchev–Trinajstić information content (AvgIpc) is 2.68. The molecule has 0 spiro atoms. The van der Waals surface area contributed by atoms with Crippen molar-refractivity contribution >= 4 is 34.8 Å². The van der Waals surface area contributed by atoms with Crippen molar-refractivity contribution in [2.24, 2.45) is 0 Å². The monoisotopic (exact) mass is 399 g/mol. The summed E-state index contributed by atoms with van der Waals surface area (Å²) in [5, 5.41) is 8.44. The topological polar surface area (TPSA) is 79.5 Å². The van der Waals surface area contributed by atoms with Crippen LogP contribution in [0.3, 0.4) is 0 Å². The van der Waals surface area contributed by atoms with Crippen molar-refractivity contribution < 1.29 is 14.3 Å². The lowest BCUT2D eigenvalue weighted by Gasteiger charge is -2.13. The normalized spacial score (nSPS) is 11.2. The summed E-state index contributed by atoms with van der Waals surface area (Å²) in [6.45, 7) is 6.44. The van der Waals surface area contributed by atoms with E-state index in [-0.39, 0.29) is 23.0 Å². The molecular weight excluding hydrogens is 374 g/mol. The molecule has 0 heterocycles. The molecule has 0 saturated heterocycles. The number of amides is 2. The Labute approximate surface area is 170 Å². The summed E-state index contributed by atoms with van der Waals surface area (Å²) in [4.78, 5) is 24.3. The highest BCUT2D eigenvalue weighted by molar-refractivity contribution is 7.80. The van der Waals surface area contributed by atoms with Crippen molar-refractivity contribution in [3.05, 3.63) is 59.7 Å². The van der Waals surface area contributed by atoms with Crippen LogP contribution in [0.15, 0.2) is 48.5 Å². The van der Waals surface area contributed by atoms with Gasteiger partial charge in [0.25, 0.3) is 11.8 Å². The van der Waals surface area contributed by atoms with E-state index in [1.807, 2.05) is 20.8 Å². The van der Waals surface area contributed by atoms with Crippen LogP contribution in [-0.4, -0.2) is 29.6 Å². The maximum absolute atomic E-state index is 12.4. The van der Waals surface area contributed by atoms with Crippen molar-refractivity contribution in [3.63, 3.8) is 0 Å². The summed E-state index contributed by atoms with van der Waals surface area (Å²) in [5.41, 5.74) is 1.60. The van der Waals surface area contributed by atoms with Crippen molar-refractivity contribution in [2.75, 3.05) is 11.9 Å². The van der Waals surface area contributed by atoms with E-state index in [0.29, 0.717) is 29.1 Å². The largest absolute Gasteiger partial charge is 0.491 e. The van der Waals surface area contributed by atoms with Gasteiger partial charge in [-0.2, -0.15) is 0 Å². The van der Waals surface area contributed by atoms with Gasteiger partial charge in [0.05, 0.1) is 6.10 Å². The SMILES string of the molecule is CCNC(=O)c1cccc(NC(=S)NC(=O)c2ccc(OC(C)CC)cc2)c1. The first kappa shape index (κ1) is 21.4. The number of anilines is 1. The van der Waals surface area contributed by atoms with E-state index in [0.717, 1.165) is 6.42 Å². The maximum Gasteiger partial charge on any atom is 0.257 e. The Bertz CT molecular complexity index is 837. The molecule has 1 atom stereocenters. The van der Waals surface area contributed by atoms with Crippen LogP contribution in [0.4, 0.5) is 5.69 Å². The maximum atomic E-state index is 12.4. The molecule has 0 fully saturated rings. The first-order chi connectivity index (χ1) is 13.4. The summed E-state index contributed by atoms with van der Waals surface area (Å²) in [5.74, 6) is 0.224. The van der Waals surface area contributed by atoms with Crippen LogP contribution in [0.1, 0.15) is 47.9 Å². The van der Waals surface area contributed by atoms with Gasteiger partial charge in [-0.3, -0.25) is 14.9 Å². The third-order valence-electron chi connectivity index (χ3n) is 3.98. The van der Waals surface area contributed by atoms with E-state index in [4.69, 9.17) is 17.0 Å². The van der Waals surface area contributed by atoms with Crippen molar-refractivity contribution in [1.82, 2.24) is 10.6 Å². The van der Waals surface area contributed by atoms with Gasteiger partial charge in [0, 0.05) is 23.4 Å². The molecule has 1 unspecified atom stereocenters. The summed E-state index contributed by atoms with van der Waals surface area (Å²) in [7, 11) is 0. The Kier molecular flexibility index (Phi) is 7.95. The fourth-order valence-corrected chi connectivity index (χ4v) is 2.55. The van der Waals surface area contributed by atoms with Crippen LogP contribution < -0.4 is 20.7 Å². The van der Waals surface area contributed by atoms with Gasteiger partial charge in [-0.15, -0.1) is 0 Å². The number of hydrogen-bond acceptors (Lipinski definition) is 4. The lowest BCUT2D eigenvalue weighted by molar-refractivity contribution is 0.0953. The second kappa shape index (κ2) is 10.4. The highest BCUT2D eigenvalue weighted by Gasteiger charge is 2.10. The summed E-state index contributed by atoms with van der Waals surface area (Å²) in [6, 6.07) is 13.8. The predicted octanol–water partition coefficient (Wildman–Crippen LogP) is 3.74. The Morgan fingerprint density at radius 1 is 1.04 bits per heavy atom. The molecule has 3 N–H and O–H groups in total. The molecule has 6 nitrogen and oxygen atoms in total. The van der Waals surface area contributed by atoms with E-state index in [1.54, 1.807) is 48.5 Å². The summed E-state index contributed by atoms with van der Waals surface area (Å²) in [6.07, 6.45) is 1.02. The van der Waals surface area contributed by atoms with Crippen molar-refractivity contribution in [3.8, 4) is 5.75 Å². The van der Waals surface area contributed by atoms with Gasteiger partial charge in [0.1, 0.15) is 5.75 Å². The number of thiocarbonyl (C=S) groups is 1. The molecule has 0 radical (unpaired) electrons. The third kappa shape index (κ3) is 6.35. The lowest BCUT2D eigenvalue weighted by atomic mass is 10.2. The number of carbonyl (C=O) groups is 2. The van der Waals surface area contributed by atoms with E-state index < -0.39 is 0 Å². The first-order valence-corrected chi connectivity index (χ1v) is 9.61. The van der Waals surface area contributed by atoms with E-state index in [2.05, 4.69) is 16.0 Å². The minimum atomic E-state index is -0.326. The number of nitrogens with one attached hydrogen (secondary N) is 3. The van der Waals surface area contributed by atoms with Crippen molar-refractivity contribution in [2.45, 2.75) is 33.3 Å². The molecule has 0 aromatic heterocycles. The first-order valence-electron chi connectivity index (χ1n) is 9.20. The fraction of sp³-hybridized carbons (Fsp3) is 0.286. The van der Waals surface area contributed by atoms with Gasteiger partial charge in [0.15, 0.2) is 5.11 Å². The highest BCUT2D eigenvalue weighted by Crippen LogP contribution is 2.15. The quantitative estimate of drug-likeness (QED) is 0.618. The smallest absolute Gasteiger partial charge is 0.257 e. The number of benzene rings is 2. The van der Waals surface area contributed by atoms with Crippen LogP contribution in [0.5, 0.6) is 5.75 Å². The van der Waals surface area contributed by atoms with Crippen LogP contribution >= 0.6 is 12.2 Å². The molecule has 7 heteroatoms. The minimum Gasteiger partial charge on any atom is -0.491 e. The fourth-order valence-electron chi connectivity index (χ4n) is 2.34. The zero-order valence-electron chi connectivity index (χ0n) is 16.2. The molecule has 28 heavy (non-hydrogen) atoms. The molecule has 0 bridgehead atoms. The number of carbonyl (C=O) groups excluding carboxylic acids is 2. The number of ether oxygens (including phenoxy) is 1. The highest BCUT2D eigenvalue weighted by atomic mass is 32.1. The molecule has 2 amide bonds. The Hall–Kier alpha value is -2.93. The molecule has 2 rings (SSSR count). The standard InChI is InChI=1S/C21H25N3O3S/c1-4-14(3)27-18-11-9-15(10-12-18)20(26)24-21(28)23-17-8-6-7-16(13-17)19(25)22-5-2/h6-14H,4-5H2,1-3H3,(H,22,25)(H2,23,24,26,28). The Morgan fingerprint density at radius 2 is 1.75 bits per heavy atom. The molecule has 0 aliphatic heterocycles. The molecule has 148 valence electrons. The summed E-state index contributed by atoms with van der Waals surface area (Å²) >= 11 is 5.20. The summed E-state index contributed by atoms with van der Waals surface area (Å²) < 4.78 is 5.70. The molecule has 2 aromatic rings. The second-order valence-corrected chi connectivity index (χ2v) is 6.62. The third-order valence-corrected chi connectivity index (χ3v) is 4.18. The second-order valence-electron chi connectivity index (χ2n) is 6.21. The van der Waals surface area contributed by atoms with Crippen LogP contribution in [-0.2, 0) is 0 Å². The average molecular weight is 400 g/mol. The van der Waals surface area contributed by atoms with Gasteiger partial charge in [0.2, 0.25) is 0 Å². The number of hydrogen-bond donors (Lipinski definition) is 3. The number of rotatable bonds is 7. The lowest BCUT2D eigenvalue weighted by Crippen LogP contribution is -2.34. The van der Waals surface area contributed by atoms with Gasteiger partial charge < -0.3 is 15.4 Å². The van der Waals surface area contributed by atoms with Crippen LogP contribution in [0, 0.1) is 0 Å². The molecule has 0 aliphatic carbocycles. The van der Waals surface area contributed by atoms with Gasteiger partial charge in [-0.25, -0.2) is 0 Å². The van der Waals surface area contributed by atoms with Crippen LogP contribution in [0.2, 0.25) is 0 Å². The van der Waals surface area contributed by atoms with E-state index in [9.17, 15) is 9.59 Å². The van der Waals surface area contributed by atoms with Gasteiger partial charge in [-0.05, 0) is 75.0 Å². The molecule has 0 saturated carbocycles. The minimum absolute atomic E-state index is 0.117. The molecule has 0 aliphatic rings. The van der Waals surface area contributed by atoms with Crippen LogP contribution in [0.25, 0.3) is 0 Å². The van der Waals surface area contributed by atoms with Gasteiger partial charge >= 0.3 is 0 Å². The Morgan fingerprint density at radius 3 is 2.39 bits per heavy atom. The zero-order chi connectivity index (χ0) is 20.5. The van der Waals surface area contributed by atoms with E-state index >= 15 is 0 Å². The van der Waals surface area contributed by atoms with Gasteiger partial charge in [-0.1, -0.05) is 13.0 Å². The predicted molar refractivity (Wildman–Crippen MR) is 115 cm³/mol. The Balaban J connectivity index is 1.95. The zero-order valence-corrected chi connectivity index (χ0v) is 17.1.